The molecule has 172 valence electrons. The Kier molecular flexibility index (Phi) is 6.21. The van der Waals surface area contributed by atoms with Gasteiger partial charge in [-0.3, -0.25) is 14.0 Å². The van der Waals surface area contributed by atoms with Crippen molar-refractivity contribution >= 4 is 22.2 Å². The summed E-state index contributed by atoms with van der Waals surface area (Å²) in [4.78, 5) is 31.4. The number of hydrogen-bond donors (Lipinski definition) is 1. The number of amides is 1. The molecule has 0 radical (unpaired) electrons. The second-order valence-electron chi connectivity index (χ2n) is 8.92. The van der Waals surface area contributed by atoms with Crippen LogP contribution in [0.25, 0.3) is 21.9 Å². The third-order valence-corrected chi connectivity index (χ3v) is 6.82. The van der Waals surface area contributed by atoms with Gasteiger partial charge >= 0.3 is 0 Å². The van der Waals surface area contributed by atoms with Crippen molar-refractivity contribution in [1.29, 1.82) is 0 Å². The van der Waals surface area contributed by atoms with Crippen LogP contribution in [0.4, 0.5) is 0 Å². The molecule has 0 bridgehead atoms. The van der Waals surface area contributed by atoms with E-state index < -0.39 is 0 Å². The molecule has 0 aliphatic carbocycles. The normalized spacial score (nSPS) is 12.5. The maximum Gasteiger partial charge on any atom is 0.268 e. The van der Waals surface area contributed by atoms with Crippen molar-refractivity contribution in [2.75, 3.05) is 0 Å². The van der Waals surface area contributed by atoms with Crippen LogP contribution in [-0.4, -0.2) is 31.1 Å². The lowest BCUT2D eigenvalue weighted by Crippen LogP contribution is -2.37. The number of carbonyl (C=O) groups excluding carboxylic acids is 1. The van der Waals surface area contributed by atoms with Crippen molar-refractivity contribution < 1.29 is 4.79 Å². The molecule has 0 spiro atoms. The van der Waals surface area contributed by atoms with Crippen LogP contribution in [0.1, 0.15) is 43.4 Å². The van der Waals surface area contributed by atoms with Gasteiger partial charge in [-0.2, -0.15) is 5.10 Å². The molecular weight excluding hydrogens is 434 g/mol. The minimum absolute atomic E-state index is 0.0589. The SMILES string of the molecule is Cc1cccc(-n2nc(-c3c(C)nc4scc(CC(=O)N[C@@H](C)C(C)C)n4c3=O)cc2C)c1. The minimum Gasteiger partial charge on any atom is -0.353 e. The molecular formula is C25H29N5O2S. The second kappa shape index (κ2) is 8.94. The molecule has 3 heterocycles. The van der Waals surface area contributed by atoms with Crippen LogP contribution >= 0.6 is 11.3 Å². The van der Waals surface area contributed by atoms with Gasteiger partial charge in [-0.15, -0.1) is 11.3 Å². The summed E-state index contributed by atoms with van der Waals surface area (Å²) in [6.45, 7) is 11.9. The highest BCUT2D eigenvalue weighted by Gasteiger charge is 2.20. The number of thiazole rings is 1. The highest BCUT2D eigenvalue weighted by atomic mass is 32.1. The van der Waals surface area contributed by atoms with E-state index in [1.807, 2.05) is 62.0 Å². The summed E-state index contributed by atoms with van der Waals surface area (Å²) in [5.41, 5.74) is 5.09. The Bertz CT molecular complexity index is 1400. The first-order chi connectivity index (χ1) is 15.7. The van der Waals surface area contributed by atoms with Crippen LogP contribution in [0, 0.1) is 26.7 Å². The lowest BCUT2D eigenvalue weighted by Gasteiger charge is -2.17. The van der Waals surface area contributed by atoms with E-state index in [1.54, 1.807) is 4.40 Å². The fourth-order valence-corrected chi connectivity index (χ4v) is 4.70. The number of benzene rings is 1. The molecule has 4 aromatic rings. The van der Waals surface area contributed by atoms with E-state index in [0.717, 1.165) is 16.9 Å². The molecule has 0 fully saturated rings. The number of hydrogen-bond acceptors (Lipinski definition) is 5. The summed E-state index contributed by atoms with van der Waals surface area (Å²) in [7, 11) is 0. The largest absolute Gasteiger partial charge is 0.353 e. The van der Waals surface area contributed by atoms with Gasteiger partial charge in [0.1, 0.15) is 5.69 Å². The lowest BCUT2D eigenvalue weighted by atomic mass is 10.1. The number of rotatable bonds is 6. The van der Waals surface area contributed by atoms with Gasteiger partial charge in [-0.1, -0.05) is 26.0 Å². The Morgan fingerprint density at radius 1 is 1.15 bits per heavy atom. The number of carbonyl (C=O) groups is 1. The van der Waals surface area contributed by atoms with Crippen molar-refractivity contribution in [2.24, 2.45) is 5.92 Å². The molecule has 0 saturated carbocycles. The molecule has 0 aliphatic rings. The Balaban J connectivity index is 1.76. The molecule has 1 atom stereocenters. The van der Waals surface area contributed by atoms with E-state index >= 15 is 0 Å². The van der Waals surface area contributed by atoms with E-state index in [0.29, 0.717) is 33.5 Å². The van der Waals surface area contributed by atoms with Gasteiger partial charge in [0.25, 0.3) is 5.56 Å². The Morgan fingerprint density at radius 2 is 1.91 bits per heavy atom. The van der Waals surface area contributed by atoms with Crippen LogP contribution in [0.2, 0.25) is 0 Å². The average Bonchev–Trinajstić information content (AvgIpc) is 3.31. The topological polar surface area (TPSA) is 81.3 Å². The smallest absolute Gasteiger partial charge is 0.268 e. The molecule has 7 nitrogen and oxygen atoms in total. The summed E-state index contributed by atoms with van der Waals surface area (Å²) in [6, 6.07) is 10.0. The Labute approximate surface area is 197 Å². The lowest BCUT2D eigenvalue weighted by molar-refractivity contribution is -0.121. The molecule has 0 unspecified atom stereocenters. The third-order valence-electron chi connectivity index (χ3n) is 5.94. The molecule has 0 aliphatic heterocycles. The monoisotopic (exact) mass is 463 g/mol. The zero-order chi connectivity index (χ0) is 23.9. The zero-order valence-electron chi connectivity index (χ0n) is 19.8. The molecule has 8 heteroatoms. The molecule has 33 heavy (non-hydrogen) atoms. The van der Waals surface area contributed by atoms with Gasteiger partial charge in [-0.05, 0) is 57.4 Å². The molecule has 1 amide bonds. The van der Waals surface area contributed by atoms with Gasteiger partial charge in [0.05, 0.1) is 23.4 Å². The zero-order valence-corrected chi connectivity index (χ0v) is 20.7. The number of aromatic nitrogens is 4. The Hall–Kier alpha value is -3.26. The molecule has 3 aromatic heterocycles. The van der Waals surface area contributed by atoms with E-state index in [1.165, 1.54) is 11.3 Å². The summed E-state index contributed by atoms with van der Waals surface area (Å²) in [6.07, 6.45) is 0.123. The van der Waals surface area contributed by atoms with Crippen LogP contribution in [0.3, 0.4) is 0 Å². The van der Waals surface area contributed by atoms with E-state index in [-0.39, 0.29) is 23.9 Å². The maximum absolute atomic E-state index is 13.6. The number of fused-ring (bicyclic) bond motifs is 1. The van der Waals surface area contributed by atoms with E-state index in [2.05, 4.69) is 30.2 Å². The molecule has 1 N–H and O–H groups in total. The first-order valence-corrected chi connectivity index (χ1v) is 12.0. The van der Waals surface area contributed by atoms with Crippen LogP contribution in [0.15, 0.2) is 40.5 Å². The standard InChI is InChI=1S/C25H29N5O2S/c1-14(2)17(5)26-22(31)12-20-13-33-25-27-18(6)23(24(32)29(20)25)21-11-16(4)30(28-21)19-9-7-8-15(3)10-19/h7-11,13-14,17H,12H2,1-6H3,(H,26,31)/t17-/m0/s1. The first kappa shape index (κ1) is 22.9. The fraction of sp³-hybridized carbons (Fsp3) is 0.360. The van der Waals surface area contributed by atoms with Gasteiger partial charge in [0.2, 0.25) is 5.91 Å². The fourth-order valence-electron chi connectivity index (χ4n) is 3.78. The van der Waals surface area contributed by atoms with E-state index in [9.17, 15) is 9.59 Å². The molecule has 4 rings (SSSR count). The molecule has 1 aromatic carbocycles. The highest BCUT2D eigenvalue weighted by molar-refractivity contribution is 7.15. The predicted octanol–water partition coefficient (Wildman–Crippen LogP) is 4.24. The number of aryl methyl sites for hydroxylation is 3. The Morgan fingerprint density at radius 3 is 2.61 bits per heavy atom. The summed E-state index contributed by atoms with van der Waals surface area (Å²) in [5.74, 6) is 0.225. The second-order valence-corrected chi connectivity index (χ2v) is 9.76. The molecule has 0 saturated heterocycles. The van der Waals surface area contributed by atoms with Gasteiger partial charge in [0.15, 0.2) is 4.96 Å². The minimum atomic E-state index is -0.202. The van der Waals surface area contributed by atoms with Crippen molar-refractivity contribution in [3.63, 3.8) is 0 Å². The third kappa shape index (κ3) is 4.48. The van der Waals surface area contributed by atoms with Crippen LogP contribution in [0.5, 0.6) is 0 Å². The number of nitrogens with one attached hydrogen (secondary N) is 1. The van der Waals surface area contributed by atoms with Crippen LogP contribution < -0.4 is 10.9 Å². The summed E-state index contributed by atoms with van der Waals surface area (Å²) < 4.78 is 3.39. The summed E-state index contributed by atoms with van der Waals surface area (Å²) >= 11 is 1.37. The predicted molar refractivity (Wildman–Crippen MR) is 132 cm³/mol. The van der Waals surface area contributed by atoms with Crippen molar-refractivity contribution in [1.82, 2.24) is 24.5 Å². The highest BCUT2D eigenvalue weighted by Crippen LogP contribution is 2.24. The van der Waals surface area contributed by atoms with Crippen LogP contribution in [-0.2, 0) is 11.2 Å². The average molecular weight is 464 g/mol. The van der Waals surface area contributed by atoms with Crippen molar-refractivity contribution in [3.05, 3.63) is 68.7 Å². The maximum atomic E-state index is 13.6. The number of nitrogens with zero attached hydrogens (tertiary/aromatic N) is 4. The quantitative estimate of drug-likeness (QED) is 0.464. The van der Waals surface area contributed by atoms with E-state index in [4.69, 9.17) is 5.10 Å². The first-order valence-electron chi connectivity index (χ1n) is 11.1. The summed E-state index contributed by atoms with van der Waals surface area (Å²) in [5, 5.41) is 9.58. The van der Waals surface area contributed by atoms with Gasteiger partial charge < -0.3 is 5.32 Å². The van der Waals surface area contributed by atoms with Crippen molar-refractivity contribution in [3.8, 4) is 16.9 Å². The van der Waals surface area contributed by atoms with Gasteiger partial charge in [-0.25, -0.2) is 9.67 Å². The van der Waals surface area contributed by atoms with Crippen molar-refractivity contribution in [2.45, 2.75) is 54.0 Å². The van der Waals surface area contributed by atoms with Gasteiger partial charge in [0, 0.05) is 22.8 Å².